The van der Waals surface area contributed by atoms with E-state index in [1.54, 1.807) is 6.07 Å². The fraction of sp³-hybridized carbons (Fsp3) is 0.450. The third kappa shape index (κ3) is 5.34. The number of aryl methyl sites for hydroxylation is 1. The van der Waals surface area contributed by atoms with Crippen LogP contribution < -0.4 is 5.73 Å². The Hall–Kier alpha value is -1.82. The molecule has 1 aliphatic rings. The largest absolute Gasteiger partial charge is 0.467 e. The third-order valence-corrected chi connectivity index (χ3v) is 4.63. The Balaban J connectivity index is 0.00000243. The van der Waals surface area contributed by atoms with Gasteiger partial charge in [0, 0.05) is 19.7 Å². The molecule has 0 radical (unpaired) electrons. The van der Waals surface area contributed by atoms with Gasteiger partial charge in [-0.1, -0.05) is 29.8 Å². The van der Waals surface area contributed by atoms with Crippen molar-refractivity contribution >= 4 is 18.3 Å². The van der Waals surface area contributed by atoms with Gasteiger partial charge in [-0.25, -0.2) is 0 Å². The summed E-state index contributed by atoms with van der Waals surface area (Å²) in [5.74, 6) is 0.602. The first-order chi connectivity index (χ1) is 12.2. The Morgan fingerprint density at radius 3 is 2.69 bits per heavy atom. The fourth-order valence-corrected chi connectivity index (χ4v) is 3.11. The summed E-state index contributed by atoms with van der Waals surface area (Å²) in [6.45, 7) is 4.43. The van der Waals surface area contributed by atoms with Crippen molar-refractivity contribution in [2.45, 2.75) is 38.8 Å². The van der Waals surface area contributed by atoms with Crippen molar-refractivity contribution in [3.63, 3.8) is 0 Å². The number of hydrogen-bond acceptors (Lipinski definition) is 4. The van der Waals surface area contributed by atoms with Gasteiger partial charge in [-0.15, -0.1) is 12.4 Å². The molecule has 0 aliphatic carbocycles. The van der Waals surface area contributed by atoms with Crippen molar-refractivity contribution in [2.24, 2.45) is 5.73 Å². The van der Waals surface area contributed by atoms with Crippen molar-refractivity contribution in [2.75, 3.05) is 19.7 Å². The molecular formula is C20H27ClN2O3. The lowest BCUT2D eigenvalue weighted by Gasteiger charge is -2.25. The molecule has 1 fully saturated rings. The number of nitrogens with zero attached hydrogens (tertiary/aromatic N) is 1. The van der Waals surface area contributed by atoms with Crippen LogP contribution in [-0.2, 0) is 17.7 Å². The van der Waals surface area contributed by atoms with Crippen LogP contribution in [0, 0.1) is 6.92 Å². The number of carbonyl (C=O) groups excluding carboxylic acids is 1. The summed E-state index contributed by atoms with van der Waals surface area (Å²) >= 11 is 0. The number of ether oxygens (including phenoxy) is 1. The van der Waals surface area contributed by atoms with Gasteiger partial charge in [0.1, 0.15) is 12.0 Å². The van der Waals surface area contributed by atoms with Crippen molar-refractivity contribution in [1.29, 1.82) is 0 Å². The van der Waals surface area contributed by atoms with Crippen molar-refractivity contribution in [3.8, 4) is 0 Å². The van der Waals surface area contributed by atoms with Crippen LogP contribution >= 0.6 is 12.4 Å². The molecule has 0 saturated carbocycles. The molecule has 0 bridgehead atoms. The minimum absolute atomic E-state index is 0. The molecule has 142 valence electrons. The van der Waals surface area contributed by atoms with Gasteiger partial charge in [-0.05, 0) is 37.8 Å². The van der Waals surface area contributed by atoms with Crippen LogP contribution in [0.3, 0.4) is 0 Å². The lowest BCUT2D eigenvalue weighted by atomic mass is 10.1. The first-order valence-corrected chi connectivity index (χ1v) is 8.89. The molecule has 2 aromatic rings. The van der Waals surface area contributed by atoms with Gasteiger partial charge in [-0.3, -0.25) is 4.79 Å². The fourth-order valence-electron chi connectivity index (χ4n) is 3.11. The van der Waals surface area contributed by atoms with Crippen LogP contribution in [0.1, 0.15) is 40.1 Å². The Morgan fingerprint density at radius 2 is 2.08 bits per heavy atom. The topological polar surface area (TPSA) is 68.7 Å². The zero-order valence-electron chi connectivity index (χ0n) is 15.1. The number of nitrogens with two attached hydrogens (primary N) is 1. The number of hydrogen-bond donors (Lipinski definition) is 1. The summed E-state index contributed by atoms with van der Waals surface area (Å²) in [5, 5.41) is 0. The summed E-state index contributed by atoms with van der Waals surface area (Å²) < 4.78 is 11.1. The lowest BCUT2D eigenvalue weighted by Crippen LogP contribution is -2.38. The van der Waals surface area contributed by atoms with E-state index >= 15 is 0 Å². The number of carbonyl (C=O) groups is 1. The molecule has 3 rings (SSSR count). The van der Waals surface area contributed by atoms with E-state index in [4.69, 9.17) is 14.9 Å². The highest BCUT2D eigenvalue weighted by Gasteiger charge is 2.24. The number of rotatable bonds is 7. The van der Waals surface area contributed by atoms with E-state index < -0.39 is 0 Å². The maximum atomic E-state index is 12.9. The number of amides is 1. The molecule has 1 aromatic carbocycles. The van der Waals surface area contributed by atoms with Crippen LogP contribution in [-0.4, -0.2) is 36.6 Å². The van der Waals surface area contributed by atoms with E-state index in [2.05, 4.69) is 31.2 Å². The van der Waals surface area contributed by atoms with Gasteiger partial charge in [0.15, 0.2) is 0 Å². The highest BCUT2D eigenvalue weighted by atomic mass is 35.5. The number of halogens is 1. The normalized spacial score (nSPS) is 16.3. The Morgan fingerprint density at radius 1 is 1.31 bits per heavy atom. The SMILES string of the molecule is Cc1ccc(CCN(CC2CCCO2)C(=O)c2coc(CN)c2)cc1.Cl. The van der Waals surface area contributed by atoms with Gasteiger partial charge < -0.3 is 19.8 Å². The van der Waals surface area contributed by atoms with Crippen LogP contribution in [0.25, 0.3) is 0 Å². The monoisotopic (exact) mass is 378 g/mol. The predicted octanol–water partition coefficient (Wildman–Crippen LogP) is 3.33. The predicted molar refractivity (Wildman–Crippen MR) is 104 cm³/mol. The molecule has 1 unspecified atom stereocenters. The maximum Gasteiger partial charge on any atom is 0.257 e. The summed E-state index contributed by atoms with van der Waals surface area (Å²) in [4.78, 5) is 14.8. The van der Waals surface area contributed by atoms with E-state index in [1.807, 2.05) is 4.90 Å². The molecule has 2 heterocycles. The highest BCUT2D eigenvalue weighted by Crippen LogP contribution is 2.17. The van der Waals surface area contributed by atoms with Gasteiger partial charge in [0.2, 0.25) is 0 Å². The molecule has 2 N–H and O–H groups in total. The van der Waals surface area contributed by atoms with Gasteiger partial charge in [0.05, 0.1) is 18.2 Å². The van der Waals surface area contributed by atoms with Crippen molar-refractivity contribution < 1.29 is 13.9 Å². The second-order valence-corrected chi connectivity index (χ2v) is 6.63. The summed E-state index contributed by atoms with van der Waals surface area (Å²) in [6, 6.07) is 10.2. The second kappa shape index (κ2) is 9.76. The van der Waals surface area contributed by atoms with Crippen LogP contribution in [0.5, 0.6) is 0 Å². The highest BCUT2D eigenvalue weighted by molar-refractivity contribution is 5.94. The molecule has 1 amide bonds. The second-order valence-electron chi connectivity index (χ2n) is 6.63. The minimum atomic E-state index is -0.0222. The van der Waals surface area contributed by atoms with Crippen molar-refractivity contribution in [1.82, 2.24) is 4.90 Å². The van der Waals surface area contributed by atoms with E-state index in [-0.39, 0.29) is 24.4 Å². The first-order valence-electron chi connectivity index (χ1n) is 8.89. The van der Waals surface area contributed by atoms with Gasteiger partial charge in [-0.2, -0.15) is 0 Å². The van der Waals surface area contributed by atoms with Crippen LogP contribution in [0.2, 0.25) is 0 Å². The first kappa shape index (κ1) is 20.5. The Bertz CT molecular complexity index is 693. The van der Waals surface area contributed by atoms with E-state index in [0.29, 0.717) is 31.0 Å². The number of furan rings is 1. The average Bonchev–Trinajstić information content (AvgIpc) is 3.31. The third-order valence-electron chi connectivity index (χ3n) is 4.63. The van der Waals surface area contributed by atoms with E-state index in [9.17, 15) is 4.79 Å². The van der Waals surface area contributed by atoms with Crippen LogP contribution in [0.4, 0.5) is 0 Å². The standard InChI is InChI=1S/C20H26N2O3.ClH/c1-15-4-6-16(7-5-15)8-9-22(13-18-3-2-10-24-18)20(23)17-11-19(12-21)25-14-17;/h4-7,11,14,18H,2-3,8-10,12-13,21H2,1H3;1H. The average molecular weight is 379 g/mol. The summed E-state index contributed by atoms with van der Waals surface area (Å²) in [7, 11) is 0. The van der Waals surface area contributed by atoms with E-state index in [0.717, 1.165) is 25.9 Å². The molecule has 6 heteroatoms. The maximum absolute atomic E-state index is 12.9. The number of benzene rings is 1. The van der Waals surface area contributed by atoms with E-state index in [1.165, 1.54) is 17.4 Å². The molecular weight excluding hydrogens is 352 g/mol. The lowest BCUT2D eigenvalue weighted by molar-refractivity contribution is 0.0528. The summed E-state index contributed by atoms with van der Waals surface area (Å²) in [5.41, 5.74) is 8.60. The molecule has 1 aliphatic heterocycles. The zero-order chi connectivity index (χ0) is 17.6. The zero-order valence-corrected chi connectivity index (χ0v) is 16.0. The van der Waals surface area contributed by atoms with Crippen LogP contribution in [0.15, 0.2) is 41.0 Å². The molecule has 1 atom stereocenters. The van der Waals surface area contributed by atoms with Gasteiger partial charge >= 0.3 is 0 Å². The molecule has 5 nitrogen and oxygen atoms in total. The minimum Gasteiger partial charge on any atom is -0.467 e. The summed E-state index contributed by atoms with van der Waals surface area (Å²) in [6.07, 6.45) is 4.52. The molecule has 26 heavy (non-hydrogen) atoms. The molecule has 0 spiro atoms. The smallest absolute Gasteiger partial charge is 0.257 e. The Kier molecular flexibility index (Phi) is 7.69. The quantitative estimate of drug-likeness (QED) is 0.802. The molecule has 1 saturated heterocycles. The Labute approximate surface area is 160 Å². The molecule has 1 aromatic heterocycles. The van der Waals surface area contributed by atoms with Crippen molar-refractivity contribution in [3.05, 3.63) is 59.0 Å². The van der Waals surface area contributed by atoms with Gasteiger partial charge in [0.25, 0.3) is 5.91 Å².